The summed E-state index contributed by atoms with van der Waals surface area (Å²) in [6.07, 6.45) is 1.48. The van der Waals surface area contributed by atoms with Crippen LogP contribution in [0.2, 0.25) is 0 Å². The molecule has 6 nitrogen and oxygen atoms in total. The fourth-order valence-electron chi connectivity index (χ4n) is 3.03. The molecule has 1 saturated heterocycles. The minimum Gasteiger partial charge on any atom is -0.496 e. The number of carbonyl (C=O) groups excluding carboxylic acids is 2. The van der Waals surface area contributed by atoms with E-state index in [2.05, 4.69) is 5.32 Å². The summed E-state index contributed by atoms with van der Waals surface area (Å²) in [5, 5.41) is 3.05. The van der Waals surface area contributed by atoms with E-state index >= 15 is 0 Å². The molecule has 1 aliphatic heterocycles. The molecule has 0 unspecified atom stereocenters. The van der Waals surface area contributed by atoms with E-state index in [9.17, 15) is 9.59 Å². The van der Waals surface area contributed by atoms with Gasteiger partial charge in [0, 0.05) is 24.5 Å². The topological polar surface area (TPSA) is 67.9 Å². The lowest BCUT2D eigenvalue weighted by Gasteiger charge is -2.36. The van der Waals surface area contributed by atoms with E-state index in [-0.39, 0.29) is 23.3 Å². The third-order valence-electron chi connectivity index (χ3n) is 4.41. The van der Waals surface area contributed by atoms with E-state index in [4.69, 9.17) is 9.47 Å². The Bertz CT molecular complexity index is 607. The SMILES string of the molecule is COc1cccc(OC)c1C(=O)NC1CCN(C(=O)C(C)(C)C)CC1. The van der Waals surface area contributed by atoms with Crippen LogP contribution in [0.1, 0.15) is 44.0 Å². The lowest BCUT2D eigenvalue weighted by molar-refractivity contribution is -0.140. The average molecular weight is 348 g/mol. The van der Waals surface area contributed by atoms with Gasteiger partial charge >= 0.3 is 0 Å². The number of piperidine rings is 1. The predicted octanol–water partition coefficient (Wildman–Crippen LogP) is 2.47. The summed E-state index contributed by atoms with van der Waals surface area (Å²) in [5.74, 6) is 0.910. The second kappa shape index (κ2) is 7.76. The molecule has 0 spiro atoms. The van der Waals surface area contributed by atoms with E-state index in [0.717, 1.165) is 12.8 Å². The Morgan fingerprint density at radius 3 is 2.04 bits per heavy atom. The summed E-state index contributed by atoms with van der Waals surface area (Å²) in [6.45, 7) is 7.10. The van der Waals surface area contributed by atoms with Crippen molar-refractivity contribution in [3.8, 4) is 11.5 Å². The molecule has 1 heterocycles. The largest absolute Gasteiger partial charge is 0.496 e. The van der Waals surface area contributed by atoms with Crippen molar-refractivity contribution in [2.45, 2.75) is 39.7 Å². The molecule has 1 aliphatic rings. The number of hydrogen-bond donors (Lipinski definition) is 1. The molecule has 0 saturated carbocycles. The molecule has 1 aromatic carbocycles. The van der Waals surface area contributed by atoms with Crippen molar-refractivity contribution in [1.29, 1.82) is 0 Å². The van der Waals surface area contributed by atoms with Gasteiger partial charge in [0.25, 0.3) is 5.91 Å². The molecule has 25 heavy (non-hydrogen) atoms. The van der Waals surface area contributed by atoms with Crippen LogP contribution in [-0.2, 0) is 4.79 Å². The molecule has 0 aromatic heterocycles. The van der Waals surface area contributed by atoms with Crippen molar-refractivity contribution in [3.63, 3.8) is 0 Å². The van der Waals surface area contributed by atoms with Crippen LogP contribution >= 0.6 is 0 Å². The van der Waals surface area contributed by atoms with Gasteiger partial charge in [0.15, 0.2) is 0 Å². The van der Waals surface area contributed by atoms with Crippen molar-refractivity contribution in [1.82, 2.24) is 10.2 Å². The summed E-state index contributed by atoms with van der Waals surface area (Å²) in [6, 6.07) is 5.29. The first-order valence-corrected chi connectivity index (χ1v) is 8.59. The minimum absolute atomic E-state index is 0.0335. The van der Waals surface area contributed by atoms with Gasteiger partial charge in [-0.05, 0) is 25.0 Å². The summed E-state index contributed by atoms with van der Waals surface area (Å²) in [4.78, 5) is 26.9. The number of amides is 2. The number of nitrogens with one attached hydrogen (secondary N) is 1. The molecule has 138 valence electrons. The van der Waals surface area contributed by atoms with Crippen LogP contribution in [0, 0.1) is 5.41 Å². The quantitative estimate of drug-likeness (QED) is 0.908. The first kappa shape index (κ1) is 19.1. The normalized spacial score (nSPS) is 15.6. The standard InChI is InChI=1S/C19H28N2O4/c1-19(2,3)18(23)21-11-9-13(10-12-21)20-17(22)16-14(24-4)7-6-8-15(16)25-5/h6-8,13H,9-12H2,1-5H3,(H,20,22). The Labute approximate surface area is 149 Å². The maximum absolute atomic E-state index is 12.7. The summed E-state index contributed by atoms with van der Waals surface area (Å²) in [7, 11) is 3.06. The Hall–Kier alpha value is -2.24. The molecule has 6 heteroatoms. The van der Waals surface area contributed by atoms with Gasteiger partial charge in [-0.1, -0.05) is 26.8 Å². The average Bonchev–Trinajstić information content (AvgIpc) is 2.60. The van der Waals surface area contributed by atoms with Crippen molar-refractivity contribution < 1.29 is 19.1 Å². The lowest BCUT2D eigenvalue weighted by atomic mass is 9.93. The first-order valence-electron chi connectivity index (χ1n) is 8.59. The Morgan fingerprint density at radius 1 is 1.08 bits per heavy atom. The van der Waals surface area contributed by atoms with Crippen LogP contribution in [0.15, 0.2) is 18.2 Å². The summed E-state index contributed by atoms with van der Waals surface area (Å²) in [5.41, 5.74) is 0.0293. The number of nitrogens with zero attached hydrogens (tertiary/aromatic N) is 1. The number of ether oxygens (including phenoxy) is 2. The van der Waals surface area contributed by atoms with E-state index in [1.54, 1.807) is 18.2 Å². The van der Waals surface area contributed by atoms with Gasteiger partial charge in [-0.25, -0.2) is 0 Å². The van der Waals surface area contributed by atoms with Crippen LogP contribution in [0.3, 0.4) is 0 Å². The molecule has 2 amide bonds. The van der Waals surface area contributed by atoms with Crippen molar-refractivity contribution in [2.24, 2.45) is 5.41 Å². The summed E-state index contributed by atoms with van der Waals surface area (Å²) < 4.78 is 10.6. The highest BCUT2D eigenvalue weighted by Gasteiger charge is 2.31. The Balaban J connectivity index is 2.01. The zero-order chi connectivity index (χ0) is 18.6. The molecule has 2 rings (SSSR count). The zero-order valence-electron chi connectivity index (χ0n) is 15.7. The van der Waals surface area contributed by atoms with Crippen LogP contribution in [0.4, 0.5) is 0 Å². The lowest BCUT2D eigenvalue weighted by Crippen LogP contribution is -2.49. The highest BCUT2D eigenvalue weighted by atomic mass is 16.5. The number of methoxy groups -OCH3 is 2. The van der Waals surface area contributed by atoms with E-state index in [1.807, 2.05) is 25.7 Å². The fraction of sp³-hybridized carbons (Fsp3) is 0.579. The van der Waals surface area contributed by atoms with Crippen LogP contribution in [-0.4, -0.2) is 50.1 Å². The Kier molecular flexibility index (Phi) is 5.93. The van der Waals surface area contributed by atoms with Gasteiger partial charge in [-0.2, -0.15) is 0 Å². The van der Waals surface area contributed by atoms with Gasteiger partial charge < -0.3 is 19.7 Å². The van der Waals surface area contributed by atoms with Crippen molar-refractivity contribution in [3.05, 3.63) is 23.8 Å². The molecule has 0 aliphatic carbocycles. The predicted molar refractivity (Wildman–Crippen MR) is 96.1 cm³/mol. The van der Waals surface area contributed by atoms with Crippen molar-refractivity contribution in [2.75, 3.05) is 27.3 Å². The summed E-state index contributed by atoms with van der Waals surface area (Å²) >= 11 is 0. The van der Waals surface area contributed by atoms with Gasteiger partial charge in [-0.15, -0.1) is 0 Å². The number of likely N-dealkylation sites (tertiary alicyclic amines) is 1. The zero-order valence-corrected chi connectivity index (χ0v) is 15.7. The molecular formula is C19H28N2O4. The molecule has 0 radical (unpaired) electrons. The highest BCUT2D eigenvalue weighted by Crippen LogP contribution is 2.28. The van der Waals surface area contributed by atoms with Crippen LogP contribution in [0.25, 0.3) is 0 Å². The smallest absolute Gasteiger partial charge is 0.259 e. The molecule has 1 fully saturated rings. The van der Waals surface area contributed by atoms with Gasteiger partial charge in [0.2, 0.25) is 5.91 Å². The van der Waals surface area contributed by atoms with Crippen LogP contribution < -0.4 is 14.8 Å². The molecule has 1 N–H and O–H groups in total. The monoisotopic (exact) mass is 348 g/mol. The van der Waals surface area contributed by atoms with Gasteiger partial charge in [0.1, 0.15) is 17.1 Å². The maximum Gasteiger partial charge on any atom is 0.259 e. The third-order valence-corrected chi connectivity index (χ3v) is 4.41. The van der Waals surface area contributed by atoms with E-state index in [0.29, 0.717) is 30.2 Å². The highest BCUT2D eigenvalue weighted by molar-refractivity contribution is 5.99. The molecule has 0 atom stereocenters. The Morgan fingerprint density at radius 2 is 1.60 bits per heavy atom. The number of benzene rings is 1. The maximum atomic E-state index is 12.7. The van der Waals surface area contributed by atoms with E-state index in [1.165, 1.54) is 14.2 Å². The van der Waals surface area contributed by atoms with E-state index < -0.39 is 0 Å². The molecular weight excluding hydrogens is 320 g/mol. The third kappa shape index (κ3) is 4.44. The van der Waals surface area contributed by atoms with Crippen LogP contribution in [0.5, 0.6) is 11.5 Å². The minimum atomic E-state index is -0.374. The second-order valence-corrected chi connectivity index (χ2v) is 7.33. The first-order chi connectivity index (χ1) is 11.8. The van der Waals surface area contributed by atoms with Gasteiger partial charge in [-0.3, -0.25) is 9.59 Å². The fourth-order valence-corrected chi connectivity index (χ4v) is 3.03. The number of carbonyl (C=O) groups is 2. The second-order valence-electron chi connectivity index (χ2n) is 7.33. The number of rotatable bonds is 4. The van der Waals surface area contributed by atoms with Gasteiger partial charge in [0.05, 0.1) is 14.2 Å². The number of hydrogen-bond acceptors (Lipinski definition) is 4. The van der Waals surface area contributed by atoms with Crippen molar-refractivity contribution >= 4 is 11.8 Å². The molecule has 0 bridgehead atoms. The molecule has 1 aromatic rings.